The Hall–Kier alpha value is -2.21. The minimum Gasteiger partial charge on any atom is -0.503 e. The molecule has 1 aliphatic heterocycles. The summed E-state index contributed by atoms with van der Waals surface area (Å²) in [5.41, 5.74) is 0.0504. The molecular weight excluding hydrogens is 318 g/mol. The molecular formula is C19H27N3O3. The molecule has 0 radical (unpaired) electrons. The van der Waals surface area contributed by atoms with Crippen LogP contribution in [0.2, 0.25) is 0 Å². The van der Waals surface area contributed by atoms with Crippen molar-refractivity contribution >= 4 is 11.7 Å². The Bertz CT molecular complexity index is 675. The van der Waals surface area contributed by atoms with Crippen LogP contribution in [-0.4, -0.2) is 58.8 Å². The zero-order valence-electron chi connectivity index (χ0n) is 15.6. The lowest BCUT2D eigenvalue weighted by atomic mass is 9.83. The van der Waals surface area contributed by atoms with Crippen LogP contribution in [0.5, 0.6) is 0 Å². The van der Waals surface area contributed by atoms with Gasteiger partial charge in [0.25, 0.3) is 5.91 Å². The SMILES string of the molecule is CN(C)CCCN1C(=O)C(O)=C(C(=O)C(C)(C)C)C1c1ccccn1. The van der Waals surface area contributed by atoms with E-state index >= 15 is 0 Å². The largest absolute Gasteiger partial charge is 0.503 e. The van der Waals surface area contributed by atoms with E-state index in [1.807, 2.05) is 25.1 Å². The number of aliphatic hydroxyl groups excluding tert-OH is 1. The van der Waals surface area contributed by atoms with Crippen LogP contribution in [0.4, 0.5) is 0 Å². The van der Waals surface area contributed by atoms with Crippen molar-refractivity contribution in [1.29, 1.82) is 0 Å². The first-order valence-electron chi connectivity index (χ1n) is 8.49. The number of carbonyl (C=O) groups excluding carboxylic acids is 2. The van der Waals surface area contributed by atoms with Gasteiger partial charge in [0, 0.05) is 18.2 Å². The van der Waals surface area contributed by atoms with Gasteiger partial charge in [-0.05, 0) is 39.2 Å². The Morgan fingerprint density at radius 1 is 1.32 bits per heavy atom. The third kappa shape index (κ3) is 4.07. The van der Waals surface area contributed by atoms with Crippen molar-refractivity contribution in [3.8, 4) is 0 Å². The number of nitrogens with zero attached hydrogens (tertiary/aromatic N) is 3. The second-order valence-corrected chi connectivity index (χ2v) is 7.65. The number of rotatable bonds is 6. The number of Topliss-reactive ketones (excluding diaryl/α,β-unsaturated/α-hetero) is 1. The number of carbonyl (C=O) groups is 2. The molecule has 1 aromatic rings. The molecule has 0 saturated heterocycles. The van der Waals surface area contributed by atoms with Gasteiger partial charge in [-0.25, -0.2) is 0 Å². The van der Waals surface area contributed by atoms with Crippen LogP contribution in [0.25, 0.3) is 0 Å². The predicted molar refractivity (Wildman–Crippen MR) is 96.0 cm³/mol. The van der Waals surface area contributed by atoms with Crippen molar-refractivity contribution in [1.82, 2.24) is 14.8 Å². The summed E-state index contributed by atoms with van der Waals surface area (Å²) in [6.07, 6.45) is 2.37. The van der Waals surface area contributed by atoms with Crippen molar-refractivity contribution in [2.75, 3.05) is 27.2 Å². The number of hydrogen-bond donors (Lipinski definition) is 1. The van der Waals surface area contributed by atoms with E-state index in [4.69, 9.17) is 0 Å². The van der Waals surface area contributed by atoms with E-state index < -0.39 is 23.1 Å². The topological polar surface area (TPSA) is 73.7 Å². The molecule has 25 heavy (non-hydrogen) atoms. The maximum Gasteiger partial charge on any atom is 0.290 e. The second kappa shape index (κ2) is 7.35. The molecule has 1 N–H and O–H groups in total. The molecule has 1 atom stereocenters. The average molecular weight is 345 g/mol. The first-order chi connectivity index (χ1) is 11.6. The van der Waals surface area contributed by atoms with E-state index in [9.17, 15) is 14.7 Å². The second-order valence-electron chi connectivity index (χ2n) is 7.65. The van der Waals surface area contributed by atoms with Gasteiger partial charge >= 0.3 is 0 Å². The molecule has 0 spiro atoms. The molecule has 0 aromatic carbocycles. The van der Waals surface area contributed by atoms with Crippen LogP contribution in [0, 0.1) is 5.41 Å². The van der Waals surface area contributed by atoms with Crippen molar-refractivity contribution in [2.24, 2.45) is 5.41 Å². The molecule has 0 bridgehead atoms. The van der Waals surface area contributed by atoms with Gasteiger partial charge in [-0.3, -0.25) is 14.6 Å². The van der Waals surface area contributed by atoms with E-state index in [2.05, 4.69) is 4.98 Å². The molecule has 6 heteroatoms. The van der Waals surface area contributed by atoms with Crippen molar-refractivity contribution in [3.05, 3.63) is 41.4 Å². The summed E-state index contributed by atoms with van der Waals surface area (Å²) in [7, 11) is 3.93. The van der Waals surface area contributed by atoms with Crippen LogP contribution in [0.15, 0.2) is 35.7 Å². The van der Waals surface area contributed by atoms with Gasteiger partial charge in [-0.2, -0.15) is 0 Å². The van der Waals surface area contributed by atoms with Crippen molar-refractivity contribution in [2.45, 2.75) is 33.2 Å². The number of aliphatic hydroxyl groups is 1. The van der Waals surface area contributed by atoms with Crippen LogP contribution in [-0.2, 0) is 9.59 Å². The predicted octanol–water partition coefficient (Wildman–Crippen LogP) is 2.34. The molecule has 1 unspecified atom stereocenters. The highest BCUT2D eigenvalue weighted by Gasteiger charge is 2.46. The fourth-order valence-electron chi connectivity index (χ4n) is 2.92. The maximum absolute atomic E-state index is 12.9. The van der Waals surface area contributed by atoms with E-state index in [1.54, 1.807) is 44.0 Å². The van der Waals surface area contributed by atoms with E-state index in [0.717, 1.165) is 13.0 Å². The third-order valence-corrected chi connectivity index (χ3v) is 4.20. The minimum absolute atomic E-state index is 0.154. The van der Waals surface area contributed by atoms with Gasteiger partial charge in [-0.15, -0.1) is 0 Å². The highest BCUT2D eigenvalue weighted by Crippen LogP contribution is 2.40. The molecule has 1 amide bonds. The smallest absolute Gasteiger partial charge is 0.290 e. The van der Waals surface area contributed by atoms with Crippen LogP contribution in [0.1, 0.15) is 38.9 Å². The number of pyridine rings is 1. The van der Waals surface area contributed by atoms with Crippen LogP contribution < -0.4 is 0 Å². The van der Waals surface area contributed by atoms with Crippen LogP contribution >= 0.6 is 0 Å². The molecule has 0 saturated carbocycles. The summed E-state index contributed by atoms with van der Waals surface area (Å²) in [6.45, 7) is 6.60. The van der Waals surface area contributed by atoms with Gasteiger partial charge in [0.15, 0.2) is 11.5 Å². The lowest BCUT2D eigenvalue weighted by Crippen LogP contribution is -2.35. The summed E-state index contributed by atoms with van der Waals surface area (Å²) in [5.74, 6) is -1.17. The Morgan fingerprint density at radius 3 is 2.52 bits per heavy atom. The van der Waals surface area contributed by atoms with Gasteiger partial charge in [0.05, 0.1) is 11.3 Å². The van der Waals surface area contributed by atoms with Crippen LogP contribution in [0.3, 0.4) is 0 Å². The minimum atomic E-state index is -0.698. The lowest BCUT2D eigenvalue weighted by molar-refractivity contribution is -0.129. The molecule has 0 aliphatic carbocycles. The van der Waals surface area contributed by atoms with E-state index in [-0.39, 0.29) is 11.4 Å². The fourth-order valence-corrected chi connectivity index (χ4v) is 2.92. The zero-order chi connectivity index (χ0) is 18.8. The van der Waals surface area contributed by atoms with Crippen molar-refractivity contribution in [3.63, 3.8) is 0 Å². The fraction of sp³-hybridized carbons (Fsp3) is 0.526. The molecule has 2 heterocycles. The molecule has 2 rings (SSSR count). The van der Waals surface area contributed by atoms with Gasteiger partial charge in [0.2, 0.25) is 0 Å². The molecule has 0 fully saturated rings. The van der Waals surface area contributed by atoms with Gasteiger partial charge < -0.3 is 14.9 Å². The quantitative estimate of drug-likeness (QED) is 0.857. The van der Waals surface area contributed by atoms with Gasteiger partial charge in [-0.1, -0.05) is 26.8 Å². The standard InChI is InChI=1S/C19H27N3O3/c1-19(2,3)17(24)14-15(13-9-6-7-10-20-13)22(18(25)16(14)23)12-8-11-21(4)5/h6-7,9-10,15,23H,8,11-12H2,1-5H3. The zero-order valence-corrected chi connectivity index (χ0v) is 15.6. The first kappa shape index (κ1) is 19.1. The Labute approximate surface area is 149 Å². The average Bonchev–Trinajstić information content (AvgIpc) is 2.78. The Balaban J connectivity index is 2.42. The van der Waals surface area contributed by atoms with Gasteiger partial charge in [0.1, 0.15) is 6.04 Å². The highest BCUT2D eigenvalue weighted by atomic mass is 16.3. The van der Waals surface area contributed by atoms with E-state index in [0.29, 0.717) is 12.2 Å². The maximum atomic E-state index is 12.9. The molecule has 136 valence electrons. The normalized spacial score (nSPS) is 18.4. The number of amides is 1. The summed E-state index contributed by atoms with van der Waals surface area (Å²) < 4.78 is 0. The number of aromatic nitrogens is 1. The summed E-state index contributed by atoms with van der Waals surface area (Å²) in [4.78, 5) is 33.5. The molecule has 1 aromatic heterocycles. The number of hydrogen-bond acceptors (Lipinski definition) is 5. The Kier molecular flexibility index (Phi) is 5.62. The number of ketones is 1. The monoisotopic (exact) mass is 345 g/mol. The molecule has 6 nitrogen and oxygen atoms in total. The summed E-state index contributed by atoms with van der Waals surface area (Å²) >= 11 is 0. The summed E-state index contributed by atoms with van der Waals surface area (Å²) in [5, 5.41) is 10.4. The Morgan fingerprint density at radius 2 is 2.00 bits per heavy atom. The van der Waals surface area contributed by atoms with E-state index in [1.165, 1.54) is 0 Å². The first-order valence-corrected chi connectivity index (χ1v) is 8.49. The van der Waals surface area contributed by atoms with Crippen molar-refractivity contribution < 1.29 is 14.7 Å². The summed E-state index contributed by atoms with van der Waals surface area (Å²) in [6, 6.07) is 4.75. The third-order valence-electron chi connectivity index (χ3n) is 4.20. The lowest BCUT2D eigenvalue weighted by Gasteiger charge is -2.28. The molecule has 1 aliphatic rings. The highest BCUT2D eigenvalue weighted by molar-refractivity contribution is 6.10.